The van der Waals surface area contributed by atoms with Crippen molar-refractivity contribution in [3.63, 3.8) is 0 Å². The van der Waals surface area contributed by atoms with Crippen LogP contribution in [0.15, 0.2) is 18.3 Å². The number of pyridine rings is 1. The van der Waals surface area contributed by atoms with E-state index in [2.05, 4.69) is 10.3 Å². The molecule has 4 nitrogen and oxygen atoms in total. The summed E-state index contributed by atoms with van der Waals surface area (Å²) in [6.45, 7) is 3.00. The van der Waals surface area contributed by atoms with E-state index in [1.54, 1.807) is 13.1 Å². The molecule has 15 heavy (non-hydrogen) atoms. The SMILES string of the molecule is CCOC(=O)C1NCCc2cccnc21. The van der Waals surface area contributed by atoms with Crippen LogP contribution in [-0.4, -0.2) is 24.1 Å². The van der Waals surface area contributed by atoms with E-state index < -0.39 is 6.04 Å². The molecule has 0 radical (unpaired) electrons. The van der Waals surface area contributed by atoms with E-state index in [1.807, 2.05) is 12.1 Å². The van der Waals surface area contributed by atoms with Crippen LogP contribution < -0.4 is 5.32 Å². The minimum Gasteiger partial charge on any atom is -0.465 e. The molecule has 0 saturated heterocycles. The highest BCUT2D eigenvalue weighted by Crippen LogP contribution is 2.21. The average Bonchev–Trinajstić information content (AvgIpc) is 2.28. The Morgan fingerprint density at radius 2 is 2.60 bits per heavy atom. The molecule has 2 rings (SSSR count). The van der Waals surface area contributed by atoms with E-state index in [1.165, 1.54) is 0 Å². The molecular weight excluding hydrogens is 192 g/mol. The first-order valence-corrected chi connectivity index (χ1v) is 5.16. The third kappa shape index (κ3) is 1.99. The summed E-state index contributed by atoms with van der Waals surface area (Å²) in [6.07, 6.45) is 2.62. The summed E-state index contributed by atoms with van der Waals surface area (Å²) in [7, 11) is 0. The van der Waals surface area contributed by atoms with Crippen LogP contribution >= 0.6 is 0 Å². The van der Waals surface area contributed by atoms with E-state index in [9.17, 15) is 4.79 Å². The van der Waals surface area contributed by atoms with E-state index >= 15 is 0 Å². The highest BCUT2D eigenvalue weighted by atomic mass is 16.5. The van der Waals surface area contributed by atoms with Gasteiger partial charge in [0, 0.05) is 12.7 Å². The summed E-state index contributed by atoms with van der Waals surface area (Å²) < 4.78 is 5.00. The van der Waals surface area contributed by atoms with Crippen LogP contribution in [0.5, 0.6) is 0 Å². The number of esters is 1. The molecular formula is C11H14N2O2. The van der Waals surface area contributed by atoms with Gasteiger partial charge in [-0.15, -0.1) is 0 Å². The number of fused-ring (bicyclic) bond motifs is 1. The maximum absolute atomic E-state index is 11.6. The van der Waals surface area contributed by atoms with E-state index in [4.69, 9.17) is 4.74 Å². The molecule has 0 amide bonds. The number of rotatable bonds is 2. The molecule has 0 saturated carbocycles. The number of carbonyl (C=O) groups excluding carboxylic acids is 1. The molecule has 1 aliphatic rings. The standard InChI is InChI=1S/C11H14N2O2/c1-2-15-11(14)10-9-8(5-7-13-10)4-3-6-12-9/h3-4,6,10,13H,2,5,7H2,1H3. The van der Waals surface area contributed by atoms with Gasteiger partial charge in [-0.25, -0.2) is 4.79 Å². The zero-order valence-corrected chi connectivity index (χ0v) is 8.69. The van der Waals surface area contributed by atoms with Gasteiger partial charge in [0.05, 0.1) is 12.3 Å². The second-order valence-corrected chi connectivity index (χ2v) is 3.44. The number of ether oxygens (including phenoxy) is 1. The third-order valence-corrected chi connectivity index (χ3v) is 2.46. The van der Waals surface area contributed by atoms with Crippen molar-refractivity contribution in [2.75, 3.05) is 13.2 Å². The average molecular weight is 206 g/mol. The van der Waals surface area contributed by atoms with Gasteiger partial charge in [0.2, 0.25) is 0 Å². The van der Waals surface area contributed by atoms with Crippen molar-refractivity contribution in [1.82, 2.24) is 10.3 Å². The number of aromatic nitrogens is 1. The van der Waals surface area contributed by atoms with Crippen LogP contribution in [0.2, 0.25) is 0 Å². The van der Waals surface area contributed by atoms with Gasteiger partial charge in [-0.3, -0.25) is 10.3 Å². The topological polar surface area (TPSA) is 51.2 Å². The van der Waals surface area contributed by atoms with Crippen molar-refractivity contribution in [1.29, 1.82) is 0 Å². The molecule has 1 N–H and O–H groups in total. The number of hydrogen-bond donors (Lipinski definition) is 1. The fraction of sp³-hybridized carbons (Fsp3) is 0.455. The van der Waals surface area contributed by atoms with Gasteiger partial charge in [-0.2, -0.15) is 0 Å². The molecule has 0 spiro atoms. The maximum Gasteiger partial charge on any atom is 0.329 e. The minimum atomic E-state index is -0.394. The normalized spacial score (nSPS) is 19.4. The van der Waals surface area contributed by atoms with E-state index in [0.29, 0.717) is 6.61 Å². The highest BCUT2D eigenvalue weighted by Gasteiger charge is 2.27. The first-order valence-electron chi connectivity index (χ1n) is 5.16. The fourth-order valence-electron chi connectivity index (χ4n) is 1.79. The Balaban J connectivity index is 2.25. The summed E-state index contributed by atoms with van der Waals surface area (Å²) in [5, 5.41) is 3.12. The number of nitrogens with zero attached hydrogens (tertiary/aromatic N) is 1. The van der Waals surface area contributed by atoms with Gasteiger partial charge in [-0.05, 0) is 25.0 Å². The van der Waals surface area contributed by atoms with Crippen molar-refractivity contribution in [3.8, 4) is 0 Å². The first kappa shape index (κ1) is 10.1. The zero-order valence-electron chi connectivity index (χ0n) is 8.69. The van der Waals surface area contributed by atoms with Crippen molar-refractivity contribution >= 4 is 5.97 Å². The molecule has 0 bridgehead atoms. The third-order valence-electron chi connectivity index (χ3n) is 2.46. The van der Waals surface area contributed by atoms with Crippen molar-refractivity contribution in [3.05, 3.63) is 29.6 Å². The Hall–Kier alpha value is -1.42. The lowest BCUT2D eigenvalue weighted by atomic mass is 10.0. The summed E-state index contributed by atoms with van der Waals surface area (Å²) in [6, 6.07) is 3.51. The van der Waals surface area contributed by atoms with Crippen LogP contribution in [0.4, 0.5) is 0 Å². The van der Waals surface area contributed by atoms with Gasteiger partial charge in [0.15, 0.2) is 0 Å². The summed E-state index contributed by atoms with van der Waals surface area (Å²) >= 11 is 0. The summed E-state index contributed by atoms with van der Waals surface area (Å²) in [5.41, 5.74) is 1.94. The second-order valence-electron chi connectivity index (χ2n) is 3.44. The first-order chi connectivity index (χ1) is 7.33. The van der Waals surface area contributed by atoms with Crippen LogP contribution in [0, 0.1) is 0 Å². The summed E-state index contributed by atoms with van der Waals surface area (Å²) in [4.78, 5) is 15.9. The van der Waals surface area contributed by atoms with Crippen LogP contribution in [0.25, 0.3) is 0 Å². The van der Waals surface area contributed by atoms with Gasteiger partial charge in [-0.1, -0.05) is 6.07 Å². The monoisotopic (exact) mass is 206 g/mol. The molecule has 0 fully saturated rings. The maximum atomic E-state index is 11.6. The Morgan fingerprint density at radius 3 is 3.40 bits per heavy atom. The smallest absolute Gasteiger partial charge is 0.329 e. The highest BCUT2D eigenvalue weighted by molar-refractivity contribution is 5.77. The van der Waals surface area contributed by atoms with E-state index in [0.717, 1.165) is 24.2 Å². The molecule has 1 unspecified atom stereocenters. The van der Waals surface area contributed by atoms with Crippen LogP contribution in [0.3, 0.4) is 0 Å². The molecule has 80 valence electrons. The number of carbonyl (C=O) groups is 1. The van der Waals surface area contributed by atoms with Crippen molar-refractivity contribution < 1.29 is 9.53 Å². The lowest BCUT2D eigenvalue weighted by Crippen LogP contribution is -2.36. The van der Waals surface area contributed by atoms with Gasteiger partial charge in [0.1, 0.15) is 6.04 Å². The van der Waals surface area contributed by atoms with Crippen LogP contribution in [0.1, 0.15) is 24.2 Å². The predicted octanol–water partition coefficient (Wildman–Crippen LogP) is 0.831. The van der Waals surface area contributed by atoms with Gasteiger partial charge < -0.3 is 4.74 Å². The quantitative estimate of drug-likeness (QED) is 0.728. The molecule has 4 heteroatoms. The zero-order chi connectivity index (χ0) is 10.7. The molecule has 1 aromatic rings. The second kappa shape index (κ2) is 4.40. The van der Waals surface area contributed by atoms with Crippen molar-refractivity contribution in [2.24, 2.45) is 0 Å². The number of hydrogen-bond acceptors (Lipinski definition) is 4. The minimum absolute atomic E-state index is 0.239. The van der Waals surface area contributed by atoms with Crippen molar-refractivity contribution in [2.45, 2.75) is 19.4 Å². The largest absolute Gasteiger partial charge is 0.465 e. The lowest BCUT2D eigenvalue weighted by molar-refractivity contribution is -0.146. The van der Waals surface area contributed by atoms with E-state index in [-0.39, 0.29) is 5.97 Å². The van der Waals surface area contributed by atoms with Crippen LogP contribution in [-0.2, 0) is 16.0 Å². The van der Waals surface area contributed by atoms with Gasteiger partial charge in [0.25, 0.3) is 0 Å². The summed E-state index contributed by atoms with van der Waals surface area (Å²) in [5.74, 6) is -0.239. The molecule has 1 atom stereocenters. The molecule has 0 aliphatic carbocycles. The van der Waals surface area contributed by atoms with Gasteiger partial charge >= 0.3 is 5.97 Å². The fourth-order valence-corrected chi connectivity index (χ4v) is 1.79. The molecule has 1 aromatic heterocycles. The molecule has 0 aromatic carbocycles. The predicted molar refractivity (Wildman–Crippen MR) is 55.3 cm³/mol. The Kier molecular flexibility index (Phi) is 2.97. The Labute approximate surface area is 88.7 Å². The number of nitrogens with one attached hydrogen (secondary N) is 1. The Bertz CT molecular complexity index is 365. The molecule has 1 aliphatic heterocycles. The Morgan fingerprint density at radius 1 is 1.73 bits per heavy atom. The lowest BCUT2D eigenvalue weighted by Gasteiger charge is -2.23. The molecule has 2 heterocycles.